The highest BCUT2D eigenvalue weighted by Gasteiger charge is 2.35. The van der Waals surface area contributed by atoms with Crippen LogP contribution in [0.2, 0.25) is 0 Å². The molecular formula is C27H32F3N7O2. The molecule has 2 aromatic heterocycles. The number of alkyl halides is 3. The zero-order valence-corrected chi connectivity index (χ0v) is 21.8. The van der Waals surface area contributed by atoms with Crippen molar-refractivity contribution in [1.82, 2.24) is 30.1 Å². The van der Waals surface area contributed by atoms with Crippen LogP contribution in [0.3, 0.4) is 0 Å². The summed E-state index contributed by atoms with van der Waals surface area (Å²) in [7, 11) is 0. The first-order chi connectivity index (χ1) is 18.8. The number of amides is 1. The first-order valence-electron chi connectivity index (χ1n) is 13.2. The van der Waals surface area contributed by atoms with Gasteiger partial charge in [-0.2, -0.15) is 13.2 Å². The van der Waals surface area contributed by atoms with Gasteiger partial charge in [-0.05, 0) is 30.8 Å². The van der Waals surface area contributed by atoms with E-state index in [1.807, 2.05) is 24.3 Å². The van der Waals surface area contributed by atoms with E-state index in [4.69, 9.17) is 9.72 Å². The molecule has 1 N–H and O–H groups in total. The summed E-state index contributed by atoms with van der Waals surface area (Å²) >= 11 is 0. The number of nitrogens with one attached hydrogen (secondary N) is 1. The van der Waals surface area contributed by atoms with Crippen molar-refractivity contribution < 1.29 is 22.7 Å². The minimum Gasteiger partial charge on any atom is -0.379 e. The molecule has 1 aromatic carbocycles. The molecule has 2 aliphatic heterocycles. The number of morpholine rings is 1. The van der Waals surface area contributed by atoms with Crippen LogP contribution in [-0.4, -0.2) is 96.2 Å². The van der Waals surface area contributed by atoms with Gasteiger partial charge in [0, 0.05) is 74.7 Å². The van der Waals surface area contributed by atoms with E-state index in [0.29, 0.717) is 37.4 Å². The van der Waals surface area contributed by atoms with Crippen LogP contribution in [0.1, 0.15) is 34.7 Å². The van der Waals surface area contributed by atoms with E-state index < -0.39 is 18.0 Å². The molecule has 4 heterocycles. The van der Waals surface area contributed by atoms with Gasteiger partial charge in [-0.3, -0.25) is 9.69 Å². The van der Waals surface area contributed by atoms with E-state index in [1.165, 1.54) is 12.4 Å². The molecule has 9 nitrogen and oxygen atoms in total. The van der Waals surface area contributed by atoms with Crippen molar-refractivity contribution in [3.63, 3.8) is 0 Å². The van der Waals surface area contributed by atoms with Crippen molar-refractivity contribution in [3.05, 3.63) is 59.7 Å². The molecule has 2 fully saturated rings. The Morgan fingerprint density at radius 2 is 1.74 bits per heavy atom. The Hall–Kier alpha value is -3.35. The number of hydrogen-bond donors (Lipinski definition) is 1. The van der Waals surface area contributed by atoms with Crippen LogP contribution in [0.5, 0.6) is 0 Å². The molecule has 2 aliphatic rings. The third-order valence-corrected chi connectivity index (χ3v) is 7.36. The molecule has 208 valence electrons. The molecule has 0 radical (unpaired) electrons. The lowest BCUT2D eigenvalue weighted by molar-refractivity contribution is -0.145. The van der Waals surface area contributed by atoms with Gasteiger partial charge in [-0.1, -0.05) is 13.0 Å². The number of carbonyl (C=O) groups excluding carboxylic acids is 1. The number of benzene rings is 1. The summed E-state index contributed by atoms with van der Waals surface area (Å²) < 4.78 is 44.4. The average molecular weight is 544 g/mol. The summed E-state index contributed by atoms with van der Waals surface area (Å²) in [6.07, 6.45) is -2.25. The molecule has 2 saturated heterocycles. The molecule has 1 amide bonds. The number of pyridine rings is 1. The van der Waals surface area contributed by atoms with Crippen molar-refractivity contribution in [1.29, 1.82) is 0 Å². The van der Waals surface area contributed by atoms with Crippen molar-refractivity contribution in [2.75, 3.05) is 70.5 Å². The van der Waals surface area contributed by atoms with Gasteiger partial charge in [-0.15, -0.1) is 0 Å². The summed E-state index contributed by atoms with van der Waals surface area (Å²) in [5.41, 5.74) is 1.73. The monoisotopic (exact) mass is 543 g/mol. The van der Waals surface area contributed by atoms with E-state index in [1.54, 1.807) is 6.07 Å². The quantitative estimate of drug-likeness (QED) is 0.487. The predicted molar refractivity (Wildman–Crippen MR) is 141 cm³/mol. The zero-order chi connectivity index (χ0) is 27.4. The summed E-state index contributed by atoms with van der Waals surface area (Å²) in [6.45, 7) is 9.33. The van der Waals surface area contributed by atoms with Crippen LogP contribution in [0.4, 0.5) is 19.0 Å². The zero-order valence-electron chi connectivity index (χ0n) is 21.8. The molecule has 1 unspecified atom stereocenters. The smallest absolute Gasteiger partial charge is 0.379 e. The molecular weight excluding hydrogens is 511 g/mol. The first kappa shape index (κ1) is 27.2. The lowest BCUT2D eigenvalue weighted by Crippen LogP contribution is -2.46. The molecule has 39 heavy (non-hydrogen) atoms. The molecule has 0 spiro atoms. The van der Waals surface area contributed by atoms with E-state index in [2.05, 4.69) is 36.9 Å². The molecule has 0 aliphatic carbocycles. The average Bonchev–Trinajstić information content (AvgIpc) is 2.97. The number of hydrogen-bond acceptors (Lipinski definition) is 8. The van der Waals surface area contributed by atoms with Gasteiger partial charge < -0.3 is 19.9 Å². The Labute approximate surface area is 225 Å². The second kappa shape index (κ2) is 11.8. The van der Waals surface area contributed by atoms with Crippen molar-refractivity contribution in [2.24, 2.45) is 0 Å². The summed E-state index contributed by atoms with van der Waals surface area (Å²) in [5.74, 6) is -0.575. The SMILES string of the molecule is CCN1CCN(c2ccc3c(C(=O)NCC(c4cnc(C(F)(F)F)nc4)N4CCOCC4)cccc3n2)CC1. The second-order valence-electron chi connectivity index (χ2n) is 9.67. The van der Waals surface area contributed by atoms with Crippen LogP contribution in [0.15, 0.2) is 42.7 Å². The number of anilines is 1. The van der Waals surface area contributed by atoms with Gasteiger partial charge >= 0.3 is 6.18 Å². The van der Waals surface area contributed by atoms with Gasteiger partial charge in [-0.25, -0.2) is 15.0 Å². The Kier molecular flexibility index (Phi) is 8.24. The topological polar surface area (TPSA) is 86.7 Å². The van der Waals surface area contributed by atoms with Gasteiger partial charge in [0.1, 0.15) is 5.82 Å². The lowest BCUT2D eigenvalue weighted by Gasteiger charge is -2.35. The van der Waals surface area contributed by atoms with Crippen molar-refractivity contribution in [3.8, 4) is 0 Å². The van der Waals surface area contributed by atoms with Crippen LogP contribution in [0, 0.1) is 0 Å². The second-order valence-corrected chi connectivity index (χ2v) is 9.67. The molecule has 3 aromatic rings. The van der Waals surface area contributed by atoms with Gasteiger partial charge in [0.05, 0.1) is 24.8 Å². The Balaban J connectivity index is 1.32. The standard InChI is InChI=1S/C27H32F3N7O2/c1-2-35-8-10-37(11-9-35)24-7-6-20-21(4-3-5-22(20)34-24)25(38)31-18-23(36-12-14-39-15-13-36)19-16-32-26(33-17-19)27(28,29)30/h3-7,16-17,23H,2,8-15,18H2,1H3,(H,31,38). The minimum absolute atomic E-state index is 0.178. The number of halogens is 3. The maximum absolute atomic E-state index is 13.3. The van der Waals surface area contributed by atoms with Crippen LogP contribution >= 0.6 is 0 Å². The molecule has 0 saturated carbocycles. The Morgan fingerprint density at radius 3 is 2.41 bits per heavy atom. The van der Waals surface area contributed by atoms with Crippen LogP contribution in [0.25, 0.3) is 10.9 Å². The number of aromatic nitrogens is 3. The molecule has 5 rings (SSSR count). The molecule has 0 bridgehead atoms. The fourth-order valence-electron chi connectivity index (χ4n) is 5.10. The fourth-order valence-corrected chi connectivity index (χ4v) is 5.10. The van der Waals surface area contributed by atoms with Crippen molar-refractivity contribution >= 4 is 22.6 Å². The fraction of sp³-hybridized carbons (Fsp3) is 0.481. The van der Waals surface area contributed by atoms with Crippen LogP contribution in [-0.2, 0) is 10.9 Å². The number of likely N-dealkylation sites (N-methyl/N-ethyl adjacent to an activating group) is 1. The third-order valence-electron chi connectivity index (χ3n) is 7.36. The summed E-state index contributed by atoms with van der Waals surface area (Å²) in [5, 5.41) is 3.72. The van der Waals surface area contributed by atoms with E-state index >= 15 is 0 Å². The number of fused-ring (bicyclic) bond motifs is 1. The van der Waals surface area contributed by atoms with E-state index in [0.717, 1.165) is 49.4 Å². The highest BCUT2D eigenvalue weighted by Crippen LogP contribution is 2.28. The van der Waals surface area contributed by atoms with Gasteiger partial charge in [0.25, 0.3) is 5.91 Å². The number of nitrogens with zero attached hydrogens (tertiary/aromatic N) is 6. The number of carbonyl (C=O) groups is 1. The highest BCUT2D eigenvalue weighted by atomic mass is 19.4. The first-order valence-corrected chi connectivity index (χ1v) is 13.2. The molecule has 1 atom stereocenters. The van der Waals surface area contributed by atoms with E-state index in [9.17, 15) is 18.0 Å². The largest absolute Gasteiger partial charge is 0.451 e. The number of rotatable bonds is 7. The van der Waals surface area contributed by atoms with Crippen molar-refractivity contribution in [2.45, 2.75) is 19.1 Å². The summed E-state index contributed by atoms with van der Waals surface area (Å²) in [4.78, 5) is 32.0. The lowest BCUT2D eigenvalue weighted by atomic mass is 10.1. The highest BCUT2D eigenvalue weighted by molar-refractivity contribution is 6.06. The van der Waals surface area contributed by atoms with E-state index in [-0.39, 0.29) is 12.5 Å². The van der Waals surface area contributed by atoms with Gasteiger partial charge in [0.2, 0.25) is 5.82 Å². The minimum atomic E-state index is -4.62. The Bertz CT molecular complexity index is 1270. The normalized spacial score (nSPS) is 18.3. The molecule has 12 heteroatoms. The Morgan fingerprint density at radius 1 is 1.03 bits per heavy atom. The maximum Gasteiger partial charge on any atom is 0.451 e. The number of piperazine rings is 1. The van der Waals surface area contributed by atoms with Gasteiger partial charge in [0.15, 0.2) is 0 Å². The third kappa shape index (κ3) is 6.29. The maximum atomic E-state index is 13.3. The summed E-state index contributed by atoms with van der Waals surface area (Å²) in [6, 6.07) is 8.95. The number of ether oxygens (including phenoxy) is 1. The van der Waals surface area contributed by atoms with Crippen LogP contribution < -0.4 is 10.2 Å². The predicted octanol–water partition coefficient (Wildman–Crippen LogP) is 2.99.